The molecular weight excluding hydrogens is 361 g/mol. The van der Waals surface area contributed by atoms with E-state index in [-0.39, 0.29) is 12.4 Å². The van der Waals surface area contributed by atoms with Crippen molar-refractivity contribution in [3.8, 4) is 0 Å². The van der Waals surface area contributed by atoms with Crippen LogP contribution in [-0.4, -0.2) is 18.4 Å². The molecule has 25 heavy (non-hydrogen) atoms. The molecule has 1 aliphatic heterocycles. The number of nitrogens with one attached hydrogen (secondary N) is 1. The molecule has 4 nitrogen and oxygen atoms in total. The lowest BCUT2D eigenvalue weighted by Crippen LogP contribution is -2.34. The molecule has 1 aromatic carbocycles. The zero-order valence-electron chi connectivity index (χ0n) is 14.1. The summed E-state index contributed by atoms with van der Waals surface area (Å²) < 4.78 is 5.24. The van der Waals surface area contributed by atoms with Gasteiger partial charge in [0.15, 0.2) is 5.78 Å². The lowest BCUT2D eigenvalue weighted by molar-refractivity contribution is -0.138. The van der Waals surface area contributed by atoms with Gasteiger partial charge in [-0.15, -0.1) is 0 Å². The fourth-order valence-electron chi connectivity index (χ4n) is 3.51. The predicted molar refractivity (Wildman–Crippen MR) is 97.6 cm³/mol. The van der Waals surface area contributed by atoms with Crippen LogP contribution in [0.25, 0.3) is 0 Å². The van der Waals surface area contributed by atoms with E-state index >= 15 is 0 Å². The van der Waals surface area contributed by atoms with Crippen LogP contribution < -0.4 is 5.32 Å². The summed E-state index contributed by atoms with van der Waals surface area (Å²) in [5, 5.41) is 4.17. The van der Waals surface area contributed by atoms with Crippen LogP contribution >= 0.6 is 23.2 Å². The third-order valence-electron chi connectivity index (χ3n) is 4.54. The molecule has 1 atom stereocenters. The number of ketones is 1. The smallest absolute Gasteiger partial charge is 0.336 e. The minimum Gasteiger partial charge on any atom is -0.463 e. The van der Waals surface area contributed by atoms with Gasteiger partial charge in [0.25, 0.3) is 0 Å². The van der Waals surface area contributed by atoms with Crippen molar-refractivity contribution in [3.05, 3.63) is 56.3 Å². The van der Waals surface area contributed by atoms with Crippen LogP contribution in [0.1, 0.15) is 44.6 Å². The van der Waals surface area contributed by atoms with Crippen LogP contribution in [0, 0.1) is 0 Å². The molecule has 2 aliphatic rings. The number of carbonyl (C=O) groups excluding carboxylic acids is 2. The summed E-state index contributed by atoms with van der Waals surface area (Å²) in [4.78, 5) is 25.3. The van der Waals surface area contributed by atoms with Gasteiger partial charge in [-0.2, -0.15) is 0 Å². The lowest BCUT2D eigenvalue weighted by atomic mass is 9.75. The molecule has 0 fully saturated rings. The Morgan fingerprint density at radius 2 is 2.08 bits per heavy atom. The van der Waals surface area contributed by atoms with E-state index in [1.807, 2.05) is 6.92 Å². The van der Waals surface area contributed by atoms with Crippen LogP contribution in [-0.2, 0) is 14.3 Å². The van der Waals surface area contributed by atoms with Crippen LogP contribution in [0.4, 0.5) is 0 Å². The van der Waals surface area contributed by atoms with Gasteiger partial charge in [-0.3, -0.25) is 4.79 Å². The third kappa shape index (κ3) is 3.33. The maximum Gasteiger partial charge on any atom is 0.336 e. The molecule has 1 aromatic rings. The topological polar surface area (TPSA) is 55.4 Å². The van der Waals surface area contributed by atoms with Crippen molar-refractivity contribution in [2.75, 3.05) is 6.61 Å². The molecule has 0 bridgehead atoms. The lowest BCUT2D eigenvalue weighted by Gasteiger charge is -2.34. The Labute approximate surface area is 156 Å². The van der Waals surface area contributed by atoms with Crippen molar-refractivity contribution < 1.29 is 14.3 Å². The number of rotatable bonds is 3. The van der Waals surface area contributed by atoms with Crippen molar-refractivity contribution in [2.45, 2.75) is 39.0 Å². The highest BCUT2D eigenvalue weighted by molar-refractivity contribution is 6.35. The first kappa shape index (κ1) is 18.0. The van der Waals surface area contributed by atoms with E-state index in [2.05, 4.69) is 5.32 Å². The van der Waals surface area contributed by atoms with Crippen molar-refractivity contribution in [1.82, 2.24) is 5.32 Å². The van der Waals surface area contributed by atoms with Crippen molar-refractivity contribution in [3.63, 3.8) is 0 Å². The Morgan fingerprint density at radius 1 is 1.32 bits per heavy atom. The van der Waals surface area contributed by atoms with Gasteiger partial charge in [0.05, 0.1) is 12.2 Å². The molecule has 0 unspecified atom stereocenters. The van der Waals surface area contributed by atoms with Crippen molar-refractivity contribution >= 4 is 35.0 Å². The Kier molecular flexibility index (Phi) is 5.21. The first-order valence-corrected chi connectivity index (χ1v) is 9.05. The zero-order valence-corrected chi connectivity index (χ0v) is 15.6. The molecule has 3 rings (SSSR count). The summed E-state index contributed by atoms with van der Waals surface area (Å²) in [6.45, 7) is 3.84. The Balaban J connectivity index is 2.20. The Morgan fingerprint density at radius 3 is 2.76 bits per heavy atom. The molecule has 132 valence electrons. The molecule has 0 saturated heterocycles. The summed E-state index contributed by atoms with van der Waals surface area (Å²) >= 11 is 12.4. The average molecular weight is 380 g/mol. The van der Waals surface area contributed by atoms with E-state index < -0.39 is 11.9 Å². The highest BCUT2D eigenvalue weighted by Crippen LogP contribution is 2.44. The van der Waals surface area contributed by atoms with Gasteiger partial charge in [0, 0.05) is 39.4 Å². The Hall–Kier alpha value is -1.78. The van der Waals surface area contributed by atoms with Gasteiger partial charge in [-0.25, -0.2) is 4.79 Å². The minimum absolute atomic E-state index is 0.0408. The number of esters is 1. The number of dihydropyridines is 1. The van der Waals surface area contributed by atoms with E-state index in [0.29, 0.717) is 38.9 Å². The summed E-state index contributed by atoms with van der Waals surface area (Å²) in [5.41, 5.74) is 3.31. The van der Waals surface area contributed by atoms with E-state index in [1.54, 1.807) is 25.1 Å². The third-order valence-corrected chi connectivity index (χ3v) is 5.11. The van der Waals surface area contributed by atoms with Gasteiger partial charge in [0.2, 0.25) is 0 Å². The molecule has 0 amide bonds. The molecule has 1 heterocycles. The SMILES string of the molecule is CCOC(=O)C1=C(C)NC2=C(C(=O)CCC2)[C@@H]1c1ccc(Cl)cc1Cl. The minimum atomic E-state index is -0.534. The number of halogens is 2. The highest BCUT2D eigenvalue weighted by atomic mass is 35.5. The fourth-order valence-corrected chi connectivity index (χ4v) is 4.03. The van der Waals surface area contributed by atoms with E-state index in [4.69, 9.17) is 27.9 Å². The molecule has 1 aliphatic carbocycles. The van der Waals surface area contributed by atoms with E-state index in [0.717, 1.165) is 18.5 Å². The molecule has 0 aromatic heterocycles. The van der Waals surface area contributed by atoms with Crippen LogP contribution in [0.15, 0.2) is 40.7 Å². The number of Topliss-reactive ketones (excluding diaryl/α,β-unsaturated/α-hetero) is 1. The van der Waals surface area contributed by atoms with Gasteiger partial charge in [0.1, 0.15) is 0 Å². The van der Waals surface area contributed by atoms with Crippen molar-refractivity contribution in [2.24, 2.45) is 0 Å². The number of hydrogen-bond donors (Lipinski definition) is 1. The van der Waals surface area contributed by atoms with Gasteiger partial charge >= 0.3 is 5.97 Å². The molecule has 0 spiro atoms. The maximum absolute atomic E-state index is 12.7. The van der Waals surface area contributed by atoms with Gasteiger partial charge in [-0.05, 0) is 44.4 Å². The number of allylic oxidation sites excluding steroid dienone is 3. The van der Waals surface area contributed by atoms with Crippen molar-refractivity contribution in [1.29, 1.82) is 0 Å². The van der Waals surface area contributed by atoms with E-state index in [1.165, 1.54) is 0 Å². The molecule has 1 N–H and O–H groups in total. The number of carbonyl (C=O) groups is 2. The molecule has 0 saturated carbocycles. The number of hydrogen-bond acceptors (Lipinski definition) is 4. The normalized spacial score (nSPS) is 20.3. The first-order valence-electron chi connectivity index (χ1n) is 8.30. The quantitative estimate of drug-likeness (QED) is 0.784. The molecular formula is C19H19Cl2NO3. The van der Waals surface area contributed by atoms with Crippen LogP contribution in [0.3, 0.4) is 0 Å². The highest BCUT2D eigenvalue weighted by Gasteiger charge is 2.39. The Bertz CT molecular complexity index is 811. The second kappa shape index (κ2) is 7.22. The van der Waals surface area contributed by atoms with E-state index in [9.17, 15) is 9.59 Å². The molecule has 6 heteroatoms. The first-order chi connectivity index (χ1) is 11.9. The maximum atomic E-state index is 12.7. The predicted octanol–water partition coefficient (Wildman–Crippen LogP) is 4.52. The summed E-state index contributed by atoms with van der Waals surface area (Å²) in [5.74, 6) is -0.930. The summed E-state index contributed by atoms with van der Waals surface area (Å²) in [6, 6.07) is 5.13. The summed E-state index contributed by atoms with van der Waals surface area (Å²) in [7, 11) is 0. The van der Waals surface area contributed by atoms with Gasteiger partial charge < -0.3 is 10.1 Å². The average Bonchev–Trinajstić information content (AvgIpc) is 2.54. The zero-order chi connectivity index (χ0) is 18.1. The number of benzene rings is 1. The van der Waals surface area contributed by atoms with Gasteiger partial charge in [-0.1, -0.05) is 29.3 Å². The van der Waals surface area contributed by atoms with Crippen LogP contribution in [0.2, 0.25) is 10.0 Å². The molecule has 0 radical (unpaired) electrons. The number of ether oxygens (including phenoxy) is 1. The van der Waals surface area contributed by atoms with Crippen LogP contribution in [0.5, 0.6) is 0 Å². The standard InChI is InChI=1S/C19H19Cl2NO3/c1-3-25-19(24)16-10(2)22-14-5-4-6-15(23)18(14)17(16)12-8-7-11(20)9-13(12)21/h7-9,17,22H,3-6H2,1-2H3/t17-/m1/s1. The second-order valence-electron chi connectivity index (χ2n) is 6.15. The monoisotopic (exact) mass is 379 g/mol. The second-order valence-corrected chi connectivity index (χ2v) is 7.00. The fraction of sp³-hybridized carbons (Fsp3) is 0.368. The summed E-state index contributed by atoms with van der Waals surface area (Å²) in [6.07, 6.45) is 2.04. The largest absolute Gasteiger partial charge is 0.463 e.